The maximum atomic E-state index is 5.58. The minimum atomic E-state index is 0.280. The zero-order valence-electron chi connectivity index (χ0n) is 7.47. The fourth-order valence-electron chi connectivity index (χ4n) is 0.978. The molecule has 0 atom stereocenters. The van der Waals surface area contributed by atoms with Crippen LogP contribution in [0.1, 0.15) is 23.6 Å². The number of hydrogen-bond donors (Lipinski definition) is 0. The van der Waals surface area contributed by atoms with Gasteiger partial charge in [0.1, 0.15) is 5.75 Å². The molecule has 0 aliphatic rings. The van der Waals surface area contributed by atoms with Crippen molar-refractivity contribution in [2.45, 2.75) is 33.8 Å². The predicted octanol–water partition coefficient (Wildman–Crippen LogP) is 3.15. The molecule has 0 amide bonds. The lowest BCUT2D eigenvalue weighted by Gasteiger charge is -2.07. The van der Waals surface area contributed by atoms with Crippen molar-refractivity contribution >= 4 is 11.3 Å². The highest BCUT2D eigenvalue weighted by Gasteiger charge is 2.04. The molecule has 1 aromatic rings. The van der Waals surface area contributed by atoms with Gasteiger partial charge in [0.2, 0.25) is 0 Å². The zero-order valence-corrected chi connectivity index (χ0v) is 8.29. The average molecular weight is 170 g/mol. The number of rotatable bonds is 2. The molecule has 0 fully saturated rings. The molecule has 0 spiro atoms. The van der Waals surface area contributed by atoms with E-state index in [9.17, 15) is 0 Å². The summed E-state index contributed by atoms with van der Waals surface area (Å²) in [7, 11) is 0. The Balaban J connectivity index is 2.77. The molecular weight excluding hydrogens is 156 g/mol. The van der Waals surface area contributed by atoms with E-state index in [-0.39, 0.29) is 6.10 Å². The summed E-state index contributed by atoms with van der Waals surface area (Å²) in [5.74, 6) is 1.04. The SMILES string of the molecule is Cc1cc(OC(C)C)c(C)s1. The Morgan fingerprint density at radius 2 is 2.00 bits per heavy atom. The van der Waals surface area contributed by atoms with Crippen LogP contribution in [-0.4, -0.2) is 6.10 Å². The maximum Gasteiger partial charge on any atom is 0.133 e. The molecule has 0 aromatic carbocycles. The largest absolute Gasteiger partial charge is 0.490 e. The van der Waals surface area contributed by atoms with Gasteiger partial charge in [0, 0.05) is 9.75 Å². The first kappa shape index (κ1) is 8.60. The van der Waals surface area contributed by atoms with E-state index in [0.29, 0.717) is 0 Å². The Morgan fingerprint density at radius 1 is 1.36 bits per heavy atom. The normalized spacial score (nSPS) is 10.6. The van der Waals surface area contributed by atoms with Crippen molar-refractivity contribution in [1.82, 2.24) is 0 Å². The third kappa shape index (κ3) is 2.22. The molecule has 0 N–H and O–H groups in total. The molecule has 1 aromatic heterocycles. The molecule has 0 aliphatic carbocycles. The monoisotopic (exact) mass is 170 g/mol. The van der Waals surface area contributed by atoms with Gasteiger partial charge in [-0.3, -0.25) is 0 Å². The molecule has 1 nitrogen and oxygen atoms in total. The van der Waals surface area contributed by atoms with Gasteiger partial charge < -0.3 is 4.74 Å². The molecule has 1 rings (SSSR count). The van der Waals surface area contributed by atoms with Crippen molar-refractivity contribution in [1.29, 1.82) is 0 Å². The molecule has 62 valence electrons. The highest BCUT2D eigenvalue weighted by Crippen LogP contribution is 2.28. The Hall–Kier alpha value is -0.500. The lowest BCUT2D eigenvalue weighted by Crippen LogP contribution is -2.05. The molecule has 0 unspecified atom stereocenters. The summed E-state index contributed by atoms with van der Waals surface area (Å²) < 4.78 is 5.58. The van der Waals surface area contributed by atoms with Gasteiger partial charge in [0.15, 0.2) is 0 Å². The van der Waals surface area contributed by atoms with Crippen molar-refractivity contribution in [3.05, 3.63) is 15.8 Å². The first-order valence-corrected chi connectivity index (χ1v) is 4.65. The van der Waals surface area contributed by atoms with Crippen LogP contribution in [0, 0.1) is 13.8 Å². The van der Waals surface area contributed by atoms with Crippen molar-refractivity contribution < 1.29 is 4.74 Å². The second kappa shape index (κ2) is 3.26. The van der Waals surface area contributed by atoms with Gasteiger partial charge in [-0.05, 0) is 33.8 Å². The van der Waals surface area contributed by atoms with Gasteiger partial charge >= 0.3 is 0 Å². The van der Waals surface area contributed by atoms with Crippen LogP contribution in [0.3, 0.4) is 0 Å². The van der Waals surface area contributed by atoms with Crippen LogP contribution in [0.25, 0.3) is 0 Å². The van der Waals surface area contributed by atoms with Gasteiger partial charge in [-0.25, -0.2) is 0 Å². The van der Waals surface area contributed by atoms with Crippen LogP contribution in [0.15, 0.2) is 6.07 Å². The fraction of sp³-hybridized carbons (Fsp3) is 0.556. The molecular formula is C9H14OS. The minimum Gasteiger partial charge on any atom is -0.490 e. The first-order chi connectivity index (χ1) is 5.09. The van der Waals surface area contributed by atoms with Gasteiger partial charge in [0.25, 0.3) is 0 Å². The fourth-order valence-corrected chi connectivity index (χ4v) is 1.83. The molecule has 1 heterocycles. The topological polar surface area (TPSA) is 9.23 Å². The van der Waals surface area contributed by atoms with Gasteiger partial charge in [0.05, 0.1) is 6.10 Å². The maximum absolute atomic E-state index is 5.58. The summed E-state index contributed by atoms with van der Waals surface area (Å²) >= 11 is 1.79. The van der Waals surface area contributed by atoms with Crippen LogP contribution >= 0.6 is 11.3 Å². The second-order valence-electron chi connectivity index (χ2n) is 2.94. The van der Waals surface area contributed by atoms with Crippen molar-refractivity contribution in [3.8, 4) is 5.75 Å². The Kier molecular flexibility index (Phi) is 2.55. The summed E-state index contributed by atoms with van der Waals surface area (Å²) in [5.41, 5.74) is 0. The van der Waals surface area contributed by atoms with Crippen LogP contribution < -0.4 is 4.74 Å². The average Bonchev–Trinajstić information content (AvgIpc) is 2.09. The summed E-state index contributed by atoms with van der Waals surface area (Å²) in [5, 5.41) is 0. The van der Waals surface area contributed by atoms with E-state index in [1.807, 2.05) is 13.8 Å². The number of thiophene rings is 1. The first-order valence-electron chi connectivity index (χ1n) is 3.83. The van der Waals surface area contributed by atoms with Gasteiger partial charge in [-0.15, -0.1) is 11.3 Å². The quantitative estimate of drug-likeness (QED) is 0.662. The molecule has 0 saturated carbocycles. The van der Waals surface area contributed by atoms with Crippen LogP contribution in [-0.2, 0) is 0 Å². The predicted molar refractivity (Wildman–Crippen MR) is 49.6 cm³/mol. The number of aryl methyl sites for hydroxylation is 2. The van der Waals surface area contributed by atoms with E-state index in [0.717, 1.165) is 5.75 Å². The van der Waals surface area contributed by atoms with E-state index in [2.05, 4.69) is 19.9 Å². The van der Waals surface area contributed by atoms with E-state index in [1.165, 1.54) is 9.75 Å². The second-order valence-corrected chi connectivity index (χ2v) is 4.40. The molecule has 0 saturated heterocycles. The third-order valence-corrected chi connectivity index (χ3v) is 2.31. The van der Waals surface area contributed by atoms with Crippen molar-refractivity contribution in [3.63, 3.8) is 0 Å². The van der Waals surface area contributed by atoms with E-state index in [4.69, 9.17) is 4.74 Å². The molecule has 2 heteroatoms. The summed E-state index contributed by atoms with van der Waals surface area (Å²) in [6.07, 6.45) is 0.280. The molecule has 0 radical (unpaired) electrons. The summed E-state index contributed by atoms with van der Waals surface area (Å²) in [6.45, 7) is 8.29. The van der Waals surface area contributed by atoms with Gasteiger partial charge in [-0.1, -0.05) is 0 Å². The van der Waals surface area contributed by atoms with Crippen molar-refractivity contribution in [2.24, 2.45) is 0 Å². The highest BCUT2D eigenvalue weighted by molar-refractivity contribution is 7.12. The smallest absolute Gasteiger partial charge is 0.133 e. The zero-order chi connectivity index (χ0) is 8.43. The van der Waals surface area contributed by atoms with Crippen LogP contribution in [0.5, 0.6) is 5.75 Å². The lowest BCUT2D eigenvalue weighted by molar-refractivity contribution is 0.242. The van der Waals surface area contributed by atoms with Crippen molar-refractivity contribution in [2.75, 3.05) is 0 Å². The number of ether oxygens (including phenoxy) is 1. The highest BCUT2D eigenvalue weighted by atomic mass is 32.1. The Labute approximate surface area is 72.0 Å². The third-order valence-electron chi connectivity index (χ3n) is 1.36. The van der Waals surface area contributed by atoms with E-state index >= 15 is 0 Å². The molecule has 11 heavy (non-hydrogen) atoms. The summed E-state index contributed by atoms with van der Waals surface area (Å²) in [4.78, 5) is 2.59. The number of hydrogen-bond acceptors (Lipinski definition) is 2. The standard InChI is InChI=1S/C9H14OS/c1-6(2)10-9-5-7(3)11-8(9)4/h5-6H,1-4H3. The molecule has 0 aliphatic heterocycles. The summed E-state index contributed by atoms with van der Waals surface area (Å²) in [6, 6.07) is 2.10. The van der Waals surface area contributed by atoms with E-state index in [1.54, 1.807) is 11.3 Å². The Bertz CT molecular complexity index is 238. The lowest BCUT2D eigenvalue weighted by atomic mass is 10.4. The van der Waals surface area contributed by atoms with Crippen LogP contribution in [0.4, 0.5) is 0 Å². The molecule has 0 bridgehead atoms. The van der Waals surface area contributed by atoms with Gasteiger partial charge in [-0.2, -0.15) is 0 Å². The Morgan fingerprint density at radius 3 is 2.36 bits per heavy atom. The van der Waals surface area contributed by atoms with Crippen LogP contribution in [0.2, 0.25) is 0 Å². The van der Waals surface area contributed by atoms with E-state index < -0.39 is 0 Å². The minimum absolute atomic E-state index is 0.280.